The van der Waals surface area contributed by atoms with Crippen molar-refractivity contribution in [3.63, 3.8) is 0 Å². The summed E-state index contributed by atoms with van der Waals surface area (Å²) in [4.78, 5) is 12.9. The number of H-pyrrole nitrogens is 1. The Balaban J connectivity index is 1.93. The Kier molecular flexibility index (Phi) is 4.28. The minimum absolute atomic E-state index is 0.0589. The van der Waals surface area contributed by atoms with Gasteiger partial charge in [-0.2, -0.15) is 5.10 Å². The second-order valence-corrected chi connectivity index (χ2v) is 5.54. The number of hydrogen-bond donors (Lipinski definition) is 2. The van der Waals surface area contributed by atoms with E-state index in [0.717, 1.165) is 4.90 Å². The van der Waals surface area contributed by atoms with E-state index in [1.54, 1.807) is 12.4 Å². The fraction of sp³-hybridized carbons (Fsp3) is 0.167. The summed E-state index contributed by atoms with van der Waals surface area (Å²) in [6.07, 6.45) is 3.20. The van der Waals surface area contributed by atoms with Crippen molar-refractivity contribution in [1.29, 1.82) is 0 Å². The average molecular weight is 282 g/mol. The van der Waals surface area contributed by atoms with E-state index in [4.69, 9.17) is 11.6 Å². The lowest BCUT2D eigenvalue weighted by Crippen LogP contribution is -2.22. The lowest BCUT2D eigenvalue weighted by atomic mass is 10.4. The number of carbonyl (C=O) groups is 1. The molecule has 0 fully saturated rings. The lowest BCUT2D eigenvalue weighted by Gasteiger charge is -2.10. The normalized spacial score (nSPS) is 12.1. The van der Waals surface area contributed by atoms with Crippen LogP contribution < -0.4 is 5.32 Å². The van der Waals surface area contributed by atoms with Gasteiger partial charge in [-0.3, -0.25) is 9.89 Å². The summed E-state index contributed by atoms with van der Waals surface area (Å²) in [5.41, 5.74) is 0.670. The highest BCUT2D eigenvalue weighted by molar-refractivity contribution is 8.00. The quantitative estimate of drug-likeness (QED) is 0.846. The molecule has 18 heavy (non-hydrogen) atoms. The van der Waals surface area contributed by atoms with Crippen molar-refractivity contribution in [3.8, 4) is 0 Å². The van der Waals surface area contributed by atoms with Crippen LogP contribution in [0.5, 0.6) is 0 Å². The molecule has 94 valence electrons. The maximum atomic E-state index is 11.9. The number of aromatic nitrogens is 2. The summed E-state index contributed by atoms with van der Waals surface area (Å²) < 4.78 is 0. The summed E-state index contributed by atoms with van der Waals surface area (Å²) in [5, 5.41) is 9.68. The Morgan fingerprint density at radius 3 is 2.78 bits per heavy atom. The zero-order chi connectivity index (χ0) is 13.0. The molecule has 2 N–H and O–H groups in total. The van der Waals surface area contributed by atoms with Crippen LogP contribution in [0.4, 0.5) is 5.69 Å². The van der Waals surface area contributed by atoms with Gasteiger partial charge in [0.2, 0.25) is 5.91 Å². The van der Waals surface area contributed by atoms with E-state index in [2.05, 4.69) is 15.5 Å². The largest absolute Gasteiger partial charge is 0.322 e. The van der Waals surface area contributed by atoms with Crippen molar-refractivity contribution in [2.24, 2.45) is 0 Å². The van der Waals surface area contributed by atoms with Gasteiger partial charge in [0.15, 0.2) is 0 Å². The van der Waals surface area contributed by atoms with Crippen LogP contribution in [-0.2, 0) is 4.79 Å². The number of amides is 1. The molecule has 6 heteroatoms. The highest BCUT2D eigenvalue weighted by atomic mass is 35.5. The van der Waals surface area contributed by atoms with Crippen LogP contribution in [0.2, 0.25) is 5.02 Å². The van der Waals surface area contributed by atoms with E-state index < -0.39 is 0 Å². The predicted octanol–water partition coefficient (Wildman–Crippen LogP) is 3.18. The first-order chi connectivity index (χ1) is 8.65. The molecule has 0 radical (unpaired) electrons. The zero-order valence-electron chi connectivity index (χ0n) is 9.68. The monoisotopic (exact) mass is 281 g/mol. The minimum Gasteiger partial charge on any atom is -0.322 e. The zero-order valence-corrected chi connectivity index (χ0v) is 11.3. The smallest absolute Gasteiger partial charge is 0.237 e. The molecule has 1 aromatic carbocycles. The van der Waals surface area contributed by atoms with Crippen molar-refractivity contribution in [3.05, 3.63) is 41.7 Å². The van der Waals surface area contributed by atoms with Crippen LogP contribution in [-0.4, -0.2) is 21.4 Å². The van der Waals surface area contributed by atoms with E-state index in [-0.39, 0.29) is 11.2 Å². The molecule has 0 aliphatic carbocycles. The SMILES string of the molecule is CC(Sc1ccc(Cl)cc1)C(=O)Nc1cn[nH]c1. The van der Waals surface area contributed by atoms with E-state index in [9.17, 15) is 4.79 Å². The Labute approximate surface area is 114 Å². The first-order valence-corrected chi connectivity index (χ1v) is 6.63. The van der Waals surface area contributed by atoms with Crippen molar-refractivity contribution in [2.45, 2.75) is 17.1 Å². The van der Waals surface area contributed by atoms with E-state index >= 15 is 0 Å². The van der Waals surface area contributed by atoms with Crippen molar-refractivity contribution < 1.29 is 4.79 Å². The van der Waals surface area contributed by atoms with Gasteiger partial charge < -0.3 is 5.32 Å². The maximum absolute atomic E-state index is 11.9. The van der Waals surface area contributed by atoms with Crippen LogP contribution in [0.3, 0.4) is 0 Å². The van der Waals surface area contributed by atoms with Crippen LogP contribution >= 0.6 is 23.4 Å². The second-order valence-electron chi connectivity index (χ2n) is 3.69. The molecule has 1 aromatic heterocycles. The highest BCUT2D eigenvalue weighted by Crippen LogP contribution is 2.25. The Bertz CT molecular complexity index is 513. The highest BCUT2D eigenvalue weighted by Gasteiger charge is 2.14. The topological polar surface area (TPSA) is 57.8 Å². The van der Waals surface area contributed by atoms with Crippen LogP contribution in [0.1, 0.15) is 6.92 Å². The van der Waals surface area contributed by atoms with Crippen molar-refractivity contribution in [1.82, 2.24) is 10.2 Å². The first kappa shape index (κ1) is 13.0. The molecule has 0 aliphatic rings. The minimum atomic E-state index is -0.193. The van der Waals surface area contributed by atoms with Crippen LogP contribution in [0.25, 0.3) is 0 Å². The average Bonchev–Trinajstić information content (AvgIpc) is 2.85. The molecule has 1 amide bonds. The molecule has 1 heterocycles. The van der Waals surface area contributed by atoms with Crippen molar-refractivity contribution >= 4 is 35.0 Å². The van der Waals surface area contributed by atoms with Crippen LogP contribution in [0.15, 0.2) is 41.6 Å². The van der Waals surface area contributed by atoms with E-state index in [0.29, 0.717) is 10.7 Å². The van der Waals surface area contributed by atoms with E-state index in [1.807, 2.05) is 31.2 Å². The second kappa shape index (κ2) is 5.93. The maximum Gasteiger partial charge on any atom is 0.237 e. The standard InChI is InChI=1S/C12H12ClN3OS/c1-8(12(17)16-10-6-14-15-7-10)18-11-4-2-9(13)3-5-11/h2-8H,1H3,(H,14,15)(H,16,17). The third-order valence-corrected chi connectivity index (χ3v) is 3.63. The first-order valence-electron chi connectivity index (χ1n) is 5.37. The third kappa shape index (κ3) is 3.51. The number of hydrogen-bond acceptors (Lipinski definition) is 3. The number of anilines is 1. The summed E-state index contributed by atoms with van der Waals surface area (Å²) in [5.74, 6) is -0.0589. The number of aromatic amines is 1. The summed E-state index contributed by atoms with van der Waals surface area (Å²) in [6.45, 7) is 1.86. The Morgan fingerprint density at radius 2 is 2.17 bits per heavy atom. The van der Waals surface area contributed by atoms with Gasteiger partial charge in [0.05, 0.1) is 17.1 Å². The Morgan fingerprint density at radius 1 is 1.44 bits per heavy atom. The molecule has 2 aromatic rings. The molecule has 0 bridgehead atoms. The number of benzene rings is 1. The molecular weight excluding hydrogens is 270 g/mol. The molecule has 0 aliphatic heterocycles. The van der Waals surface area contributed by atoms with Gasteiger partial charge in [-0.05, 0) is 31.2 Å². The Hall–Kier alpha value is -1.46. The molecule has 0 spiro atoms. The van der Waals surface area contributed by atoms with E-state index in [1.165, 1.54) is 11.8 Å². The molecule has 2 rings (SSSR count). The number of halogens is 1. The van der Waals surface area contributed by atoms with Gasteiger partial charge in [-0.1, -0.05) is 11.6 Å². The van der Waals surface area contributed by atoms with Gasteiger partial charge in [0.25, 0.3) is 0 Å². The number of thioether (sulfide) groups is 1. The summed E-state index contributed by atoms with van der Waals surface area (Å²) in [6, 6.07) is 7.42. The summed E-state index contributed by atoms with van der Waals surface area (Å²) >= 11 is 7.29. The fourth-order valence-electron chi connectivity index (χ4n) is 1.33. The molecule has 0 saturated carbocycles. The number of carbonyl (C=O) groups excluding carboxylic acids is 1. The molecule has 0 saturated heterocycles. The van der Waals surface area contributed by atoms with Gasteiger partial charge in [-0.25, -0.2) is 0 Å². The van der Waals surface area contributed by atoms with Gasteiger partial charge >= 0.3 is 0 Å². The molecule has 4 nitrogen and oxygen atoms in total. The van der Waals surface area contributed by atoms with Gasteiger partial charge in [0, 0.05) is 16.1 Å². The number of rotatable bonds is 4. The van der Waals surface area contributed by atoms with Crippen molar-refractivity contribution in [2.75, 3.05) is 5.32 Å². The molecular formula is C12H12ClN3OS. The molecule has 1 atom stereocenters. The predicted molar refractivity (Wildman–Crippen MR) is 74.0 cm³/mol. The number of nitrogens with one attached hydrogen (secondary N) is 2. The fourth-order valence-corrected chi connectivity index (χ4v) is 2.33. The third-order valence-electron chi connectivity index (χ3n) is 2.26. The van der Waals surface area contributed by atoms with Gasteiger partial charge in [0.1, 0.15) is 0 Å². The number of nitrogens with zero attached hydrogens (tertiary/aromatic N) is 1. The molecule has 1 unspecified atom stereocenters. The van der Waals surface area contributed by atoms with Crippen LogP contribution in [0, 0.1) is 0 Å². The summed E-state index contributed by atoms with van der Waals surface area (Å²) in [7, 11) is 0. The van der Waals surface area contributed by atoms with Gasteiger partial charge in [-0.15, -0.1) is 11.8 Å². The lowest BCUT2D eigenvalue weighted by molar-refractivity contribution is -0.115.